The Morgan fingerprint density at radius 1 is 1.26 bits per heavy atom. The molecular weight excluding hydrogens is 250 g/mol. The predicted octanol–water partition coefficient (Wildman–Crippen LogP) is 1.52. The molecule has 0 aromatic heterocycles. The minimum absolute atomic E-state index is 0.00738. The zero-order valence-electron chi connectivity index (χ0n) is 10.7. The third-order valence-corrected chi connectivity index (χ3v) is 2.22. The van der Waals surface area contributed by atoms with E-state index in [1.807, 2.05) is 0 Å². The van der Waals surface area contributed by atoms with Crippen LogP contribution in [0.3, 0.4) is 0 Å². The summed E-state index contributed by atoms with van der Waals surface area (Å²) >= 11 is 0. The third kappa shape index (κ3) is 6.42. The van der Waals surface area contributed by atoms with E-state index in [1.165, 1.54) is 7.11 Å². The number of benzene rings is 1. The SMILES string of the molecule is COCC(=O)Nc1ccc(OCCCC(=O)O)cc1. The number of hydrogen-bond donors (Lipinski definition) is 2. The molecule has 0 fully saturated rings. The fourth-order valence-electron chi connectivity index (χ4n) is 1.38. The first-order valence-corrected chi connectivity index (χ1v) is 5.85. The second-order valence-electron chi connectivity index (χ2n) is 3.85. The lowest BCUT2D eigenvalue weighted by molar-refractivity contribution is -0.137. The Hall–Kier alpha value is -2.08. The van der Waals surface area contributed by atoms with E-state index in [0.29, 0.717) is 24.5 Å². The van der Waals surface area contributed by atoms with Crippen molar-refractivity contribution < 1.29 is 24.2 Å². The number of amides is 1. The van der Waals surface area contributed by atoms with Gasteiger partial charge in [0.25, 0.3) is 0 Å². The van der Waals surface area contributed by atoms with Gasteiger partial charge in [-0.25, -0.2) is 0 Å². The number of carbonyl (C=O) groups excluding carboxylic acids is 1. The Balaban J connectivity index is 2.35. The minimum atomic E-state index is -0.834. The van der Waals surface area contributed by atoms with Gasteiger partial charge in [-0.2, -0.15) is 0 Å². The van der Waals surface area contributed by atoms with E-state index < -0.39 is 5.97 Å². The molecule has 1 aromatic carbocycles. The molecule has 0 heterocycles. The van der Waals surface area contributed by atoms with Crippen LogP contribution in [-0.4, -0.2) is 37.3 Å². The van der Waals surface area contributed by atoms with Gasteiger partial charge >= 0.3 is 5.97 Å². The van der Waals surface area contributed by atoms with Crippen LogP contribution in [0.15, 0.2) is 24.3 Å². The van der Waals surface area contributed by atoms with E-state index >= 15 is 0 Å². The molecule has 1 aromatic rings. The maximum atomic E-state index is 11.2. The number of rotatable bonds is 8. The van der Waals surface area contributed by atoms with Crippen molar-refractivity contribution in [2.75, 3.05) is 25.6 Å². The Labute approximate surface area is 111 Å². The van der Waals surface area contributed by atoms with Crippen molar-refractivity contribution in [2.45, 2.75) is 12.8 Å². The number of carboxylic acids is 1. The van der Waals surface area contributed by atoms with E-state index in [-0.39, 0.29) is 18.9 Å². The van der Waals surface area contributed by atoms with Gasteiger partial charge in [-0.15, -0.1) is 0 Å². The highest BCUT2D eigenvalue weighted by molar-refractivity contribution is 5.91. The normalized spacial score (nSPS) is 9.95. The van der Waals surface area contributed by atoms with Crippen LogP contribution in [0.2, 0.25) is 0 Å². The molecule has 0 radical (unpaired) electrons. The van der Waals surface area contributed by atoms with Crippen LogP contribution in [0.5, 0.6) is 5.75 Å². The number of carboxylic acid groups (broad SMARTS) is 1. The van der Waals surface area contributed by atoms with Crippen LogP contribution >= 0.6 is 0 Å². The molecule has 0 spiro atoms. The molecule has 6 heteroatoms. The molecular formula is C13H17NO5. The molecule has 0 aliphatic rings. The number of carbonyl (C=O) groups is 2. The Morgan fingerprint density at radius 3 is 2.53 bits per heavy atom. The number of methoxy groups -OCH3 is 1. The molecule has 1 amide bonds. The topological polar surface area (TPSA) is 84.9 Å². The smallest absolute Gasteiger partial charge is 0.303 e. The van der Waals surface area contributed by atoms with Gasteiger partial charge in [0.05, 0.1) is 6.61 Å². The highest BCUT2D eigenvalue weighted by Gasteiger charge is 2.02. The van der Waals surface area contributed by atoms with Gasteiger partial charge in [0, 0.05) is 19.2 Å². The van der Waals surface area contributed by atoms with E-state index in [9.17, 15) is 9.59 Å². The summed E-state index contributed by atoms with van der Waals surface area (Å²) < 4.78 is 10.1. The summed E-state index contributed by atoms with van der Waals surface area (Å²) in [6.07, 6.45) is 0.548. The lowest BCUT2D eigenvalue weighted by atomic mass is 10.3. The maximum Gasteiger partial charge on any atom is 0.303 e. The van der Waals surface area contributed by atoms with Crippen LogP contribution in [-0.2, 0) is 14.3 Å². The van der Waals surface area contributed by atoms with Crippen LogP contribution in [0.4, 0.5) is 5.69 Å². The van der Waals surface area contributed by atoms with Crippen molar-refractivity contribution in [3.05, 3.63) is 24.3 Å². The standard InChI is InChI=1S/C13H17NO5/c1-18-9-12(15)14-10-4-6-11(7-5-10)19-8-2-3-13(16)17/h4-7H,2-3,8-9H2,1H3,(H,14,15)(H,16,17). The molecule has 6 nitrogen and oxygen atoms in total. The number of anilines is 1. The Bertz CT molecular complexity index is 416. The van der Waals surface area contributed by atoms with Gasteiger partial charge in [0.2, 0.25) is 5.91 Å². The van der Waals surface area contributed by atoms with Crippen molar-refractivity contribution in [2.24, 2.45) is 0 Å². The van der Waals surface area contributed by atoms with Crippen LogP contribution in [0.1, 0.15) is 12.8 Å². The van der Waals surface area contributed by atoms with Gasteiger partial charge in [-0.1, -0.05) is 0 Å². The van der Waals surface area contributed by atoms with Crippen molar-refractivity contribution >= 4 is 17.6 Å². The van der Waals surface area contributed by atoms with Crippen LogP contribution < -0.4 is 10.1 Å². The summed E-state index contributed by atoms with van der Waals surface area (Å²) in [5.74, 6) is -0.424. The van der Waals surface area contributed by atoms with Crippen molar-refractivity contribution in [1.82, 2.24) is 0 Å². The molecule has 0 saturated carbocycles. The molecule has 0 aliphatic carbocycles. The van der Waals surface area contributed by atoms with E-state index in [0.717, 1.165) is 0 Å². The third-order valence-electron chi connectivity index (χ3n) is 2.22. The highest BCUT2D eigenvalue weighted by Crippen LogP contribution is 2.15. The lowest BCUT2D eigenvalue weighted by Crippen LogP contribution is -2.16. The molecule has 0 saturated heterocycles. The maximum absolute atomic E-state index is 11.2. The summed E-state index contributed by atoms with van der Waals surface area (Å²) in [6.45, 7) is 0.356. The van der Waals surface area contributed by atoms with Gasteiger partial charge in [-0.3, -0.25) is 9.59 Å². The van der Waals surface area contributed by atoms with Gasteiger partial charge in [0.15, 0.2) is 0 Å². The van der Waals surface area contributed by atoms with Gasteiger partial charge in [-0.05, 0) is 30.7 Å². The Morgan fingerprint density at radius 2 is 1.95 bits per heavy atom. The molecule has 104 valence electrons. The predicted molar refractivity (Wildman–Crippen MR) is 69.3 cm³/mol. The van der Waals surface area contributed by atoms with Gasteiger partial charge in [0.1, 0.15) is 12.4 Å². The van der Waals surface area contributed by atoms with Crippen molar-refractivity contribution in [3.63, 3.8) is 0 Å². The largest absolute Gasteiger partial charge is 0.494 e. The number of aliphatic carboxylic acids is 1. The second kappa shape index (κ2) is 8.10. The Kier molecular flexibility index (Phi) is 6.38. The average molecular weight is 267 g/mol. The molecule has 0 unspecified atom stereocenters. The molecule has 2 N–H and O–H groups in total. The van der Waals surface area contributed by atoms with E-state index in [1.54, 1.807) is 24.3 Å². The molecule has 0 bridgehead atoms. The average Bonchev–Trinajstić information content (AvgIpc) is 2.36. The first kappa shape index (κ1) is 15.0. The molecule has 0 aliphatic heterocycles. The summed E-state index contributed by atoms with van der Waals surface area (Å²) in [7, 11) is 1.45. The fourth-order valence-corrected chi connectivity index (χ4v) is 1.38. The second-order valence-corrected chi connectivity index (χ2v) is 3.85. The van der Waals surface area contributed by atoms with Crippen molar-refractivity contribution in [1.29, 1.82) is 0 Å². The van der Waals surface area contributed by atoms with E-state index in [4.69, 9.17) is 14.6 Å². The zero-order chi connectivity index (χ0) is 14.1. The quantitative estimate of drug-likeness (QED) is 0.697. The summed E-state index contributed by atoms with van der Waals surface area (Å²) in [4.78, 5) is 21.6. The number of hydrogen-bond acceptors (Lipinski definition) is 4. The lowest BCUT2D eigenvalue weighted by Gasteiger charge is -2.07. The summed E-state index contributed by atoms with van der Waals surface area (Å²) in [6, 6.07) is 6.84. The zero-order valence-corrected chi connectivity index (χ0v) is 10.7. The summed E-state index contributed by atoms with van der Waals surface area (Å²) in [5.41, 5.74) is 0.653. The minimum Gasteiger partial charge on any atom is -0.494 e. The molecule has 19 heavy (non-hydrogen) atoms. The number of ether oxygens (including phenoxy) is 2. The molecule has 0 atom stereocenters. The fraction of sp³-hybridized carbons (Fsp3) is 0.385. The van der Waals surface area contributed by atoms with Crippen LogP contribution in [0, 0.1) is 0 Å². The van der Waals surface area contributed by atoms with Crippen LogP contribution in [0.25, 0.3) is 0 Å². The molecule has 1 rings (SSSR count). The van der Waals surface area contributed by atoms with Gasteiger partial charge < -0.3 is 19.9 Å². The first-order valence-electron chi connectivity index (χ1n) is 5.85. The first-order chi connectivity index (χ1) is 9.11. The monoisotopic (exact) mass is 267 g/mol. The highest BCUT2D eigenvalue weighted by atomic mass is 16.5. The van der Waals surface area contributed by atoms with E-state index in [2.05, 4.69) is 5.32 Å². The number of nitrogens with one attached hydrogen (secondary N) is 1. The van der Waals surface area contributed by atoms with Crippen molar-refractivity contribution in [3.8, 4) is 5.75 Å². The summed E-state index contributed by atoms with van der Waals surface area (Å²) in [5, 5.41) is 11.1.